The predicted molar refractivity (Wildman–Crippen MR) is 133 cm³/mol. The number of aromatic nitrogens is 6. The summed E-state index contributed by atoms with van der Waals surface area (Å²) >= 11 is 0. The number of carbonyl (C=O) groups is 1. The lowest BCUT2D eigenvalue weighted by Crippen LogP contribution is -2.20. The molecule has 5 rings (SSSR count). The molecule has 0 bridgehead atoms. The lowest BCUT2D eigenvalue weighted by Gasteiger charge is -2.10. The largest absolute Gasteiger partial charge is 0.497 e. The third-order valence-corrected chi connectivity index (χ3v) is 5.56. The molecule has 5 aromatic rings. The molecule has 11 nitrogen and oxygen atoms in total. The number of benzene rings is 2. The van der Waals surface area contributed by atoms with E-state index in [1.807, 2.05) is 30.3 Å². The highest BCUT2D eigenvalue weighted by atomic mass is 16.5. The van der Waals surface area contributed by atoms with Crippen molar-refractivity contribution in [3.05, 3.63) is 82.4 Å². The van der Waals surface area contributed by atoms with Crippen molar-refractivity contribution in [1.82, 2.24) is 29.5 Å². The quantitative estimate of drug-likeness (QED) is 0.363. The van der Waals surface area contributed by atoms with E-state index in [0.29, 0.717) is 39.7 Å². The summed E-state index contributed by atoms with van der Waals surface area (Å²) in [4.78, 5) is 33.0. The van der Waals surface area contributed by atoms with Crippen molar-refractivity contribution in [2.24, 2.45) is 0 Å². The van der Waals surface area contributed by atoms with Gasteiger partial charge in [-0.25, -0.2) is 4.68 Å². The Hall–Kier alpha value is -4.93. The monoisotopic (exact) mass is 485 g/mol. The van der Waals surface area contributed by atoms with Crippen LogP contribution in [0.5, 0.6) is 11.5 Å². The zero-order valence-electron chi connectivity index (χ0n) is 19.8. The van der Waals surface area contributed by atoms with E-state index >= 15 is 0 Å². The Morgan fingerprint density at radius 2 is 1.83 bits per heavy atom. The van der Waals surface area contributed by atoms with E-state index in [4.69, 9.17) is 9.47 Å². The third-order valence-electron chi connectivity index (χ3n) is 5.56. The van der Waals surface area contributed by atoms with E-state index in [2.05, 4.69) is 25.5 Å². The summed E-state index contributed by atoms with van der Waals surface area (Å²) in [6, 6.07) is 16.2. The van der Waals surface area contributed by atoms with Gasteiger partial charge in [0.25, 0.3) is 5.56 Å². The maximum Gasteiger partial charge on any atom is 0.263 e. The molecule has 3 aromatic heterocycles. The molecule has 0 radical (unpaired) electrons. The number of methoxy groups -OCH3 is 2. The Morgan fingerprint density at radius 1 is 1.06 bits per heavy atom. The molecule has 0 atom stereocenters. The molecule has 0 aliphatic carbocycles. The lowest BCUT2D eigenvalue weighted by molar-refractivity contribution is -0.115. The van der Waals surface area contributed by atoms with Crippen LogP contribution in [0, 0.1) is 6.92 Å². The first-order chi connectivity index (χ1) is 17.5. The van der Waals surface area contributed by atoms with E-state index in [1.165, 1.54) is 15.6 Å². The van der Waals surface area contributed by atoms with Crippen molar-refractivity contribution < 1.29 is 14.3 Å². The number of nitrogens with zero attached hydrogens (tertiary/aromatic N) is 5. The highest BCUT2D eigenvalue weighted by Crippen LogP contribution is 2.24. The summed E-state index contributed by atoms with van der Waals surface area (Å²) in [7, 11) is 3.15. The molecule has 2 N–H and O–H groups in total. The molecule has 11 heteroatoms. The second-order valence-electron chi connectivity index (χ2n) is 8.01. The van der Waals surface area contributed by atoms with Gasteiger partial charge in [-0.1, -0.05) is 24.3 Å². The number of para-hydroxylation sites is 2. The molecule has 2 aromatic carbocycles. The Labute approximate surface area is 205 Å². The molecule has 0 spiro atoms. The van der Waals surface area contributed by atoms with Crippen molar-refractivity contribution in [2.75, 3.05) is 19.5 Å². The molecule has 0 saturated heterocycles. The van der Waals surface area contributed by atoms with Crippen LogP contribution in [-0.4, -0.2) is 49.7 Å². The molecule has 36 heavy (non-hydrogen) atoms. The number of hydrogen-bond donors (Lipinski definition) is 2. The molecule has 0 unspecified atom stereocenters. The van der Waals surface area contributed by atoms with Gasteiger partial charge in [0.2, 0.25) is 11.9 Å². The number of carbonyl (C=O) groups excluding carboxylic acids is 1. The Kier molecular flexibility index (Phi) is 5.95. The van der Waals surface area contributed by atoms with Crippen LogP contribution in [0.1, 0.15) is 11.3 Å². The van der Waals surface area contributed by atoms with Gasteiger partial charge in [-0.3, -0.25) is 14.6 Å². The van der Waals surface area contributed by atoms with Crippen LogP contribution < -0.4 is 20.3 Å². The first-order valence-corrected chi connectivity index (χ1v) is 11.1. The van der Waals surface area contributed by atoms with Gasteiger partial charge in [0.1, 0.15) is 28.4 Å². The van der Waals surface area contributed by atoms with E-state index in [0.717, 1.165) is 5.56 Å². The number of H-pyrrole nitrogens is 1. The van der Waals surface area contributed by atoms with Gasteiger partial charge >= 0.3 is 0 Å². The second-order valence-corrected chi connectivity index (χ2v) is 8.01. The minimum absolute atomic E-state index is 0.136. The number of fused-ring (bicyclic) bond motifs is 1. The number of anilines is 1. The standard InChI is InChI=1S/C25H23N7O4/c1-15-12-21(27-22(33)13-16-8-10-17(35-2)11-9-16)32(30-15)25-28-23-18(24(34)29-25)14-26-31(23)19-6-4-5-7-20(19)36-3/h4-12,14H,13H2,1-3H3,(H,27,33)(H,28,29,34). The number of aromatic amines is 1. The summed E-state index contributed by atoms with van der Waals surface area (Å²) in [5.41, 5.74) is 2.02. The molecular weight excluding hydrogens is 462 g/mol. The van der Waals surface area contributed by atoms with Crippen LogP contribution >= 0.6 is 0 Å². The Balaban J connectivity index is 1.50. The van der Waals surface area contributed by atoms with E-state index in [1.54, 1.807) is 45.4 Å². The van der Waals surface area contributed by atoms with Crippen molar-refractivity contribution in [3.8, 4) is 23.1 Å². The fourth-order valence-electron chi connectivity index (χ4n) is 3.85. The number of rotatable bonds is 7. The molecule has 0 aliphatic heterocycles. The topological polar surface area (TPSA) is 129 Å². The average molecular weight is 486 g/mol. The van der Waals surface area contributed by atoms with E-state index in [9.17, 15) is 9.59 Å². The van der Waals surface area contributed by atoms with Gasteiger partial charge in [-0.15, -0.1) is 0 Å². The number of nitrogens with one attached hydrogen (secondary N) is 2. The predicted octanol–water partition coefficient (Wildman–Crippen LogP) is 2.80. The minimum Gasteiger partial charge on any atom is -0.497 e. The van der Waals surface area contributed by atoms with Crippen LogP contribution in [0.2, 0.25) is 0 Å². The normalized spacial score (nSPS) is 11.0. The second kappa shape index (κ2) is 9.37. The summed E-state index contributed by atoms with van der Waals surface area (Å²) in [5.74, 6) is 1.55. The van der Waals surface area contributed by atoms with Crippen LogP contribution in [0.25, 0.3) is 22.7 Å². The molecule has 182 valence electrons. The molecule has 0 fully saturated rings. The smallest absolute Gasteiger partial charge is 0.263 e. The molecule has 1 amide bonds. The zero-order chi connectivity index (χ0) is 25.2. The number of ether oxygens (including phenoxy) is 2. The number of amides is 1. The van der Waals surface area contributed by atoms with Crippen molar-refractivity contribution in [2.45, 2.75) is 13.3 Å². The van der Waals surface area contributed by atoms with E-state index < -0.39 is 0 Å². The first kappa shape index (κ1) is 22.8. The fraction of sp³-hybridized carbons (Fsp3) is 0.160. The van der Waals surface area contributed by atoms with Gasteiger partial charge in [-0.05, 0) is 36.8 Å². The van der Waals surface area contributed by atoms with Crippen LogP contribution in [-0.2, 0) is 11.2 Å². The summed E-state index contributed by atoms with van der Waals surface area (Å²) in [6.45, 7) is 1.78. The maximum atomic E-state index is 12.9. The minimum atomic E-state index is -0.389. The lowest BCUT2D eigenvalue weighted by atomic mass is 10.1. The third kappa shape index (κ3) is 4.29. The molecule has 0 aliphatic rings. The highest BCUT2D eigenvalue weighted by molar-refractivity contribution is 5.91. The fourth-order valence-corrected chi connectivity index (χ4v) is 3.85. The summed E-state index contributed by atoms with van der Waals surface area (Å²) < 4.78 is 13.5. The number of hydrogen-bond acceptors (Lipinski definition) is 7. The van der Waals surface area contributed by atoms with Crippen molar-refractivity contribution in [3.63, 3.8) is 0 Å². The van der Waals surface area contributed by atoms with Crippen molar-refractivity contribution >= 4 is 22.8 Å². The first-order valence-electron chi connectivity index (χ1n) is 11.1. The van der Waals surface area contributed by atoms with Gasteiger partial charge in [-0.2, -0.15) is 19.9 Å². The Morgan fingerprint density at radius 3 is 2.58 bits per heavy atom. The average Bonchev–Trinajstić information content (AvgIpc) is 3.47. The molecule has 0 saturated carbocycles. The molecular formula is C25H23N7O4. The SMILES string of the molecule is COc1ccc(CC(=O)Nc2cc(C)nn2-c2nc3c(cnn3-c3ccccc3OC)c(=O)[nH]2)cc1. The number of aryl methyl sites for hydroxylation is 1. The highest BCUT2D eigenvalue weighted by Gasteiger charge is 2.18. The summed E-state index contributed by atoms with van der Waals surface area (Å²) in [5, 5.41) is 11.9. The maximum absolute atomic E-state index is 12.9. The van der Waals surface area contributed by atoms with Gasteiger partial charge in [0.15, 0.2) is 5.65 Å². The van der Waals surface area contributed by atoms with Crippen LogP contribution in [0.4, 0.5) is 5.82 Å². The zero-order valence-corrected chi connectivity index (χ0v) is 19.8. The van der Waals surface area contributed by atoms with Gasteiger partial charge < -0.3 is 14.8 Å². The van der Waals surface area contributed by atoms with Crippen molar-refractivity contribution in [1.29, 1.82) is 0 Å². The van der Waals surface area contributed by atoms with Gasteiger partial charge in [0, 0.05) is 6.07 Å². The summed E-state index contributed by atoms with van der Waals surface area (Å²) in [6.07, 6.45) is 1.60. The van der Waals surface area contributed by atoms with Crippen LogP contribution in [0.15, 0.2) is 65.6 Å². The Bertz CT molecular complexity index is 1620. The molecule has 3 heterocycles. The van der Waals surface area contributed by atoms with Crippen LogP contribution in [0.3, 0.4) is 0 Å². The van der Waals surface area contributed by atoms with E-state index in [-0.39, 0.29) is 23.8 Å². The van der Waals surface area contributed by atoms with Gasteiger partial charge in [0.05, 0.1) is 32.5 Å².